The lowest BCUT2D eigenvalue weighted by Crippen LogP contribution is -2.04. The summed E-state index contributed by atoms with van der Waals surface area (Å²) in [7, 11) is 0. The second-order valence-electron chi connectivity index (χ2n) is 5.26. The third-order valence-electron chi connectivity index (χ3n) is 3.53. The van der Waals surface area contributed by atoms with E-state index in [0.717, 1.165) is 17.7 Å². The minimum Gasteiger partial charge on any atom is -0.298 e. The second-order valence-corrected chi connectivity index (χ2v) is 5.26. The molecule has 0 radical (unpaired) electrons. The molecule has 0 spiro atoms. The molecule has 1 aromatic heterocycles. The average molecular weight is 256 g/mol. The first-order valence-electron chi connectivity index (χ1n) is 6.61. The molecule has 0 aliphatic rings. The lowest BCUT2D eigenvalue weighted by atomic mass is 10.0. The van der Waals surface area contributed by atoms with E-state index in [9.17, 15) is 4.79 Å². The van der Waals surface area contributed by atoms with Gasteiger partial charge in [-0.2, -0.15) is 5.10 Å². The van der Waals surface area contributed by atoms with E-state index in [1.54, 1.807) is 0 Å². The quantitative estimate of drug-likeness (QED) is 0.785. The summed E-state index contributed by atoms with van der Waals surface area (Å²) in [5, 5.41) is 4.42. The Morgan fingerprint density at radius 1 is 1.21 bits per heavy atom. The lowest BCUT2D eigenvalue weighted by Gasteiger charge is -2.08. The van der Waals surface area contributed by atoms with Gasteiger partial charge in [0.15, 0.2) is 6.29 Å². The average Bonchev–Trinajstić information content (AvgIpc) is 2.64. The molecule has 1 heterocycles. The highest BCUT2D eigenvalue weighted by atomic mass is 16.1. The van der Waals surface area contributed by atoms with Gasteiger partial charge in [0.25, 0.3) is 0 Å². The lowest BCUT2D eigenvalue weighted by molar-refractivity contribution is 0.112. The molecule has 0 aliphatic carbocycles. The number of aldehydes is 1. The molecule has 2 aromatic rings. The zero-order valence-electron chi connectivity index (χ0n) is 12.0. The SMILES string of the molecule is Cc1nn(Cc2ccc(C(C)C)cc2)c(C)c1C=O. The number of aryl methyl sites for hydroxylation is 1. The first kappa shape index (κ1) is 13.5. The monoisotopic (exact) mass is 256 g/mol. The summed E-state index contributed by atoms with van der Waals surface area (Å²) in [5.74, 6) is 0.546. The first-order valence-corrected chi connectivity index (χ1v) is 6.61. The molecule has 0 aliphatic heterocycles. The number of hydrogen-bond acceptors (Lipinski definition) is 2. The van der Waals surface area contributed by atoms with Gasteiger partial charge in [0, 0.05) is 5.69 Å². The number of hydrogen-bond donors (Lipinski definition) is 0. The molecule has 0 fully saturated rings. The van der Waals surface area contributed by atoms with Crippen molar-refractivity contribution < 1.29 is 4.79 Å². The largest absolute Gasteiger partial charge is 0.298 e. The highest BCUT2D eigenvalue weighted by Gasteiger charge is 2.10. The Bertz CT molecular complexity index is 580. The standard InChI is InChI=1S/C16H20N2O/c1-11(2)15-7-5-14(6-8-15)9-18-13(4)16(10-19)12(3)17-18/h5-8,10-11H,9H2,1-4H3. The van der Waals surface area contributed by atoms with Crippen molar-refractivity contribution in [1.82, 2.24) is 9.78 Å². The molecule has 0 bridgehead atoms. The van der Waals surface area contributed by atoms with Crippen LogP contribution in [0.1, 0.15) is 52.6 Å². The van der Waals surface area contributed by atoms with Crippen LogP contribution in [-0.4, -0.2) is 16.1 Å². The Hall–Kier alpha value is -1.90. The molecule has 0 unspecified atom stereocenters. The van der Waals surface area contributed by atoms with Crippen LogP contribution in [0.25, 0.3) is 0 Å². The topological polar surface area (TPSA) is 34.9 Å². The number of nitrogens with zero attached hydrogens (tertiary/aromatic N) is 2. The van der Waals surface area contributed by atoms with E-state index >= 15 is 0 Å². The number of rotatable bonds is 4. The van der Waals surface area contributed by atoms with Crippen LogP contribution in [0.2, 0.25) is 0 Å². The second kappa shape index (κ2) is 5.39. The number of benzene rings is 1. The van der Waals surface area contributed by atoms with Gasteiger partial charge in [-0.25, -0.2) is 0 Å². The van der Waals surface area contributed by atoms with Gasteiger partial charge in [0.2, 0.25) is 0 Å². The molecule has 3 nitrogen and oxygen atoms in total. The highest BCUT2D eigenvalue weighted by Crippen LogP contribution is 2.17. The Labute approximate surface area is 114 Å². The van der Waals surface area contributed by atoms with Crippen LogP contribution in [0.5, 0.6) is 0 Å². The van der Waals surface area contributed by atoms with Crippen molar-refractivity contribution in [1.29, 1.82) is 0 Å². The number of aromatic nitrogens is 2. The molecule has 1 aromatic carbocycles. The molecule has 2 rings (SSSR count). The summed E-state index contributed by atoms with van der Waals surface area (Å²) in [6.07, 6.45) is 0.885. The van der Waals surface area contributed by atoms with Gasteiger partial charge in [-0.15, -0.1) is 0 Å². The van der Waals surface area contributed by atoms with E-state index in [2.05, 4.69) is 43.2 Å². The van der Waals surface area contributed by atoms with E-state index in [0.29, 0.717) is 18.0 Å². The summed E-state index contributed by atoms with van der Waals surface area (Å²) in [5.41, 5.74) is 4.98. The van der Waals surface area contributed by atoms with Crippen LogP contribution >= 0.6 is 0 Å². The van der Waals surface area contributed by atoms with E-state index in [4.69, 9.17) is 0 Å². The maximum Gasteiger partial charge on any atom is 0.153 e. The fourth-order valence-corrected chi connectivity index (χ4v) is 2.22. The van der Waals surface area contributed by atoms with Gasteiger partial charge >= 0.3 is 0 Å². The van der Waals surface area contributed by atoms with Gasteiger partial charge in [-0.1, -0.05) is 38.1 Å². The van der Waals surface area contributed by atoms with Crippen LogP contribution < -0.4 is 0 Å². The zero-order valence-corrected chi connectivity index (χ0v) is 12.0. The predicted molar refractivity (Wildman–Crippen MR) is 76.7 cm³/mol. The van der Waals surface area contributed by atoms with Crippen molar-refractivity contribution >= 4 is 6.29 Å². The molecule has 100 valence electrons. The molecule has 3 heteroatoms. The Morgan fingerprint density at radius 3 is 2.32 bits per heavy atom. The van der Waals surface area contributed by atoms with Crippen molar-refractivity contribution in [2.45, 2.75) is 40.2 Å². The van der Waals surface area contributed by atoms with Crippen LogP contribution in [-0.2, 0) is 6.54 Å². The highest BCUT2D eigenvalue weighted by molar-refractivity contribution is 5.78. The molecule has 0 atom stereocenters. The number of carbonyl (C=O) groups excluding carboxylic acids is 1. The molecule has 0 amide bonds. The molecular formula is C16H20N2O. The maximum absolute atomic E-state index is 11.0. The fourth-order valence-electron chi connectivity index (χ4n) is 2.22. The molecule has 0 saturated heterocycles. The van der Waals surface area contributed by atoms with E-state index in [-0.39, 0.29) is 0 Å². The van der Waals surface area contributed by atoms with Crippen molar-refractivity contribution in [2.24, 2.45) is 0 Å². The van der Waals surface area contributed by atoms with Crippen molar-refractivity contribution in [3.8, 4) is 0 Å². The third-order valence-corrected chi connectivity index (χ3v) is 3.53. The number of carbonyl (C=O) groups is 1. The maximum atomic E-state index is 11.0. The van der Waals surface area contributed by atoms with E-state index in [1.165, 1.54) is 11.1 Å². The minimum absolute atomic E-state index is 0.546. The van der Waals surface area contributed by atoms with E-state index < -0.39 is 0 Å². The van der Waals surface area contributed by atoms with Crippen LogP contribution in [0, 0.1) is 13.8 Å². The van der Waals surface area contributed by atoms with Gasteiger partial charge < -0.3 is 0 Å². The Morgan fingerprint density at radius 2 is 1.84 bits per heavy atom. The first-order chi connectivity index (χ1) is 9.02. The van der Waals surface area contributed by atoms with Gasteiger partial charge in [0.05, 0.1) is 17.8 Å². The zero-order chi connectivity index (χ0) is 14.0. The normalized spacial score (nSPS) is 11.0. The predicted octanol–water partition coefficient (Wildman–Crippen LogP) is 3.48. The summed E-state index contributed by atoms with van der Waals surface area (Å²) >= 11 is 0. The van der Waals surface area contributed by atoms with Gasteiger partial charge in [0.1, 0.15) is 0 Å². The van der Waals surface area contributed by atoms with Gasteiger partial charge in [-0.05, 0) is 30.9 Å². The summed E-state index contributed by atoms with van der Waals surface area (Å²) < 4.78 is 1.89. The van der Waals surface area contributed by atoms with Crippen LogP contribution in [0.4, 0.5) is 0 Å². The van der Waals surface area contributed by atoms with Crippen molar-refractivity contribution in [3.63, 3.8) is 0 Å². The fraction of sp³-hybridized carbons (Fsp3) is 0.375. The smallest absolute Gasteiger partial charge is 0.153 e. The summed E-state index contributed by atoms with van der Waals surface area (Å²) in [6.45, 7) is 8.89. The van der Waals surface area contributed by atoms with Gasteiger partial charge in [-0.3, -0.25) is 9.48 Å². The molecule has 19 heavy (non-hydrogen) atoms. The Kier molecular flexibility index (Phi) is 3.84. The molecule has 0 N–H and O–H groups in total. The van der Waals surface area contributed by atoms with E-state index in [1.807, 2.05) is 18.5 Å². The molecule has 0 saturated carbocycles. The Balaban J connectivity index is 2.24. The molecular weight excluding hydrogens is 236 g/mol. The third kappa shape index (κ3) is 2.75. The van der Waals surface area contributed by atoms with Crippen molar-refractivity contribution in [2.75, 3.05) is 0 Å². The minimum atomic E-state index is 0.546. The van der Waals surface area contributed by atoms with Crippen LogP contribution in [0.15, 0.2) is 24.3 Å². The van der Waals surface area contributed by atoms with Crippen molar-refractivity contribution in [3.05, 3.63) is 52.3 Å². The summed E-state index contributed by atoms with van der Waals surface area (Å²) in [6, 6.07) is 8.58. The summed E-state index contributed by atoms with van der Waals surface area (Å²) in [4.78, 5) is 11.0. The van der Waals surface area contributed by atoms with Crippen LogP contribution in [0.3, 0.4) is 0 Å².